The average Bonchev–Trinajstić information content (AvgIpc) is 2.48. The molecular weight excluding hydrogens is 296 g/mol. The first-order chi connectivity index (χ1) is 10.8. The van der Waals surface area contributed by atoms with Crippen LogP contribution in [0.15, 0.2) is 30.3 Å². The first kappa shape index (κ1) is 18.8. The largest absolute Gasteiger partial charge is 0.465 e. The van der Waals surface area contributed by atoms with Gasteiger partial charge in [0.1, 0.15) is 6.61 Å². The van der Waals surface area contributed by atoms with E-state index >= 15 is 0 Å². The zero-order valence-electron chi connectivity index (χ0n) is 14.2. The maximum atomic E-state index is 11.8. The standard InChI is InChI=1S/C17H26N2O4/c1-5-14(19(16(21)22)17(2,3)4)11-18-15(20)23-12-13-9-7-6-8-10-13/h6-10,14H,5,11-12H2,1-4H3,(H,18,20)(H,21,22)/t14-/m1/s1. The fraction of sp³-hybridized carbons (Fsp3) is 0.529. The number of alkyl carbamates (subject to hydrolysis) is 1. The molecule has 128 valence electrons. The third-order valence-corrected chi connectivity index (χ3v) is 3.46. The molecule has 6 heteroatoms. The first-order valence-electron chi connectivity index (χ1n) is 7.72. The summed E-state index contributed by atoms with van der Waals surface area (Å²) < 4.78 is 5.13. The van der Waals surface area contributed by atoms with Gasteiger partial charge in [-0.3, -0.25) is 4.90 Å². The highest BCUT2D eigenvalue weighted by Crippen LogP contribution is 2.19. The molecule has 2 N–H and O–H groups in total. The van der Waals surface area contributed by atoms with Gasteiger partial charge in [0.2, 0.25) is 0 Å². The van der Waals surface area contributed by atoms with Crippen LogP contribution in [-0.2, 0) is 11.3 Å². The van der Waals surface area contributed by atoms with Crippen LogP contribution >= 0.6 is 0 Å². The number of hydrogen-bond acceptors (Lipinski definition) is 3. The Kier molecular flexibility index (Phi) is 6.88. The van der Waals surface area contributed by atoms with E-state index in [9.17, 15) is 14.7 Å². The van der Waals surface area contributed by atoms with Crippen molar-refractivity contribution in [2.24, 2.45) is 0 Å². The van der Waals surface area contributed by atoms with Gasteiger partial charge in [-0.2, -0.15) is 0 Å². The van der Waals surface area contributed by atoms with E-state index in [1.54, 1.807) is 0 Å². The van der Waals surface area contributed by atoms with E-state index in [2.05, 4.69) is 5.32 Å². The summed E-state index contributed by atoms with van der Waals surface area (Å²) >= 11 is 0. The van der Waals surface area contributed by atoms with Crippen molar-refractivity contribution < 1.29 is 19.4 Å². The van der Waals surface area contributed by atoms with Crippen LogP contribution in [0.1, 0.15) is 39.7 Å². The van der Waals surface area contributed by atoms with Gasteiger partial charge < -0.3 is 15.2 Å². The van der Waals surface area contributed by atoms with Crippen LogP contribution in [0, 0.1) is 0 Å². The van der Waals surface area contributed by atoms with E-state index in [1.807, 2.05) is 58.0 Å². The molecule has 0 saturated carbocycles. The Hall–Kier alpha value is -2.24. The fourth-order valence-electron chi connectivity index (χ4n) is 2.38. The van der Waals surface area contributed by atoms with Crippen LogP contribution in [0.4, 0.5) is 9.59 Å². The molecule has 0 fully saturated rings. The van der Waals surface area contributed by atoms with Crippen LogP contribution in [0.3, 0.4) is 0 Å². The number of carbonyl (C=O) groups excluding carboxylic acids is 1. The Balaban J connectivity index is 2.53. The van der Waals surface area contributed by atoms with Gasteiger partial charge in [-0.05, 0) is 32.8 Å². The third-order valence-electron chi connectivity index (χ3n) is 3.46. The van der Waals surface area contributed by atoms with Crippen LogP contribution in [0.2, 0.25) is 0 Å². The average molecular weight is 322 g/mol. The Morgan fingerprint density at radius 2 is 1.87 bits per heavy atom. The summed E-state index contributed by atoms with van der Waals surface area (Å²) in [6.07, 6.45) is -0.946. The van der Waals surface area contributed by atoms with E-state index in [4.69, 9.17) is 4.74 Å². The molecule has 0 radical (unpaired) electrons. The van der Waals surface area contributed by atoms with Crippen molar-refractivity contribution in [2.75, 3.05) is 6.54 Å². The summed E-state index contributed by atoms with van der Waals surface area (Å²) in [4.78, 5) is 24.6. The molecule has 0 aliphatic rings. The molecule has 1 atom stereocenters. The van der Waals surface area contributed by atoms with E-state index in [1.165, 1.54) is 4.90 Å². The number of hydrogen-bond donors (Lipinski definition) is 2. The lowest BCUT2D eigenvalue weighted by Crippen LogP contribution is -2.54. The van der Waals surface area contributed by atoms with E-state index in [0.29, 0.717) is 6.42 Å². The monoisotopic (exact) mass is 322 g/mol. The third kappa shape index (κ3) is 6.18. The molecule has 0 aliphatic heterocycles. The molecule has 0 aliphatic carbocycles. The molecular formula is C17H26N2O4. The number of nitrogens with zero attached hydrogens (tertiary/aromatic N) is 1. The molecule has 0 aromatic heterocycles. The van der Waals surface area contributed by atoms with Crippen molar-refractivity contribution in [3.8, 4) is 0 Å². The summed E-state index contributed by atoms with van der Waals surface area (Å²) in [7, 11) is 0. The Bertz CT molecular complexity index is 511. The molecule has 2 amide bonds. The highest BCUT2D eigenvalue weighted by atomic mass is 16.5. The molecule has 1 aromatic carbocycles. The number of nitrogens with one attached hydrogen (secondary N) is 1. The molecule has 1 rings (SSSR count). The summed E-state index contributed by atoms with van der Waals surface area (Å²) in [6.45, 7) is 7.79. The molecule has 0 unspecified atom stereocenters. The van der Waals surface area contributed by atoms with Gasteiger partial charge in [0.15, 0.2) is 0 Å². The number of ether oxygens (including phenoxy) is 1. The number of carbonyl (C=O) groups is 2. The Morgan fingerprint density at radius 1 is 1.26 bits per heavy atom. The number of carboxylic acid groups (broad SMARTS) is 1. The fourth-order valence-corrected chi connectivity index (χ4v) is 2.38. The zero-order valence-corrected chi connectivity index (χ0v) is 14.2. The lowest BCUT2D eigenvalue weighted by atomic mass is 10.0. The van der Waals surface area contributed by atoms with E-state index in [-0.39, 0.29) is 19.2 Å². The number of amides is 2. The normalized spacial score (nSPS) is 12.3. The predicted octanol–water partition coefficient (Wildman–Crippen LogP) is 3.47. The maximum absolute atomic E-state index is 11.8. The van der Waals surface area contributed by atoms with Gasteiger partial charge in [-0.15, -0.1) is 0 Å². The summed E-state index contributed by atoms with van der Waals surface area (Å²) in [5, 5.41) is 12.1. The Morgan fingerprint density at radius 3 is 2.35 bits per heavy atom. The van der Waals surface area contributed by atoms with Gasteiger partial charge in [0.25, 0.3) is 0 Å². The number of benzene rings is 1. The highest BCUT2D eigenvalue weighted by molar-refractivity contribution is 5.68. The molecule has 1 aromatic rings. The maximum Gasteiger partial charge on any atom is 0.408 e. The quantitative estimate of drug-likeness (QED) is 0.840. The summed E-state index contributed by atoms with van der Waals surface area (Å²) in [6, 6.07) is 9.07. The second-order valence-corrected chi connectivity index (χ2v) is 6.33. The van der Waals surface area contributed by atoms with Crippen LogP contribution in [-0.4, -0.2) is 40.3 Å². The van der Waals surface area contributed by atoms with Gasteiger partial charge in [0.05, 0.1) is 6.04 Å². The van der Waals surface area contributed by atoms with Crippen molar-refractivity contribution in [3.63, 3.8) is 0 Å². The SMILES string of the molecule is CC[C@H](CNC(=O)OCc1ccccc1)N(C(=O)O)C(C)(C)C. The first-order valence-corrected chi connectivity index (χ1v) is 7.72. The zero-order chi connectivity index (χ0) is 17.5. The summed E-state index contributed by atoms with van der Waals surface area (Å²) in [5.74, 6) is 0. The molecule has 0 spiro atoms. The van der Waals surface area contributed by atoms with Crippen molar-refractivity contribution in [1.82, 2.24) is 10.2 Å². The smallest absolute Gasteiger partial charge is 0.408 e. The van der Waals surface area contributed by atoms with Gasteiger partial charge >= 0.3 is 12.2 Å². The van der Waals surface area contributed by atoms with Crippen molar-refractivity contribution >= 4 is 12.2 Å². The topological polar surface area (TPSA) is 78.9 Å². The Labute approximate surface area is 137 Å². The minimum Gasteiger partial charge on any atom is -0.465 e. The molecule has 0 heterocycles. The molecule has 0 saturated heterocycles. The second kappa shape index (κ2) is 8.41. The molecule has 6 nitrogen and oxygen atoms in total. The summed E-state index contributed by atoms with van der Waals surface area (Å²) in [5.41, 5.74) is 0.360. The highest BCUT2D eigenvalue weighted by Gasteiger charge is 2.32. The van der Waals surface area contributed by atoms with Crippen molar-refractivity contribution in [3.05, 3.63) is 35.9 Å². The van der Waals surface area contributed by atoms with Crippen molar-refractivity contribution in [1.29, 1.82) is 0 Å². The second-order valence-electron chi connectivity index (χ2n) is 6.33. The van der Waals surface area contributed by atoms with Crippen LogP contribution in [0.5, 0.6) is 0 Å². The van der Waals surface area contributed by atoms with Gasteiger partial charge in [-0.1, -0.05) is 37.3 Å². The van der Waals surface area contributed by atoms with Crippen LogP contribution in [0.25, 0.3) is 0 Å². The van der Waals surface area contributed by atoms with Crippen LogP contribution < -0.4 is 5.32 Å². The number of rotatable bonds is 6. The van der Waals surface area contributed by atoms with Crippen molar-refractivity contribution in [2.45, 2.75) is 52.3 Å². The van der Waals surface area contributed by atoms with E-state index in [0.717, 1.165) is 5.56 Å². The lowest BCUT2D eigenvalue weighted by molar-refractivity contribution is 0.0663. The molecule has 23 heavy (non-hydrogen) atoms. The lowest BCUT2D eigenvalue weighted by Gasteiger charge is -2.39. The van der Waals surface area contributed by atoms with Gasteiger partial charge in [-0.25, -0.2) is 9.59 Å². The van der Waals surface area contributed by atoms with E-state index < -0.39 is 17.7 Å². The minimum absolute atomic E-state index is 0.186. The molecule has 0 bridgehead atoms. The predicted molar refractivity (Wildman–Crippen MR) is 88.3 cm³/mol. The van der Waals surface area contributed by atoms with Gasteiger partial charge in [0, 0.05) is 12.1 Å². The minimum atomic E-state index is -0.996.